The van der Waals surface area contributed by atoms with Crippen LogP contribution in [0.1, 0.15) is 23.8 Å². The maximum atomic E-state index is 12.3. The van der Waals surface area contributed by atoms with Crippen molar-refractivity contribution in [3.63, 3.8) is 0 Å². The molecule has 0 aromatic carbocycles. The van der Waals surface area contributed by atoms with Crippen LogP contribution in [0.4, 0.5) is 0 Å². The van der Waals surface area contributed by atoms with Crippen LogP contribution in [-0.2, 0) is 0 Å². The normalized spacial score (nSPS) is 31.9. The van der Waals surface area contributed by atoms with Gasteiger partial charge in [-0.15, -0.1) is 11.3 Å². The average molecular weight is 287 g/mol. The molecule has 4 rings (SSSR count). The summed E-state index contributed by atoms with van der Waals surface area (Å²) < 4.78 is 0. The minimum Gasteiger partial charge on any atom is -0.346 e. The second-order valence-corrected chi connectivity index (χ2v) is 6.78. The van der Waals surface area contributed by atoms with Crippen molar-refractivity contribution in [3.05, 3.63) is 29.3 Å². The highest BCUT2D eigenvalue weighted by Gasteiger charge is 2.42. The molecule has 2 bridgehead atoms. The molecule has 4 nitrogen and oxygen atoms in total. The molecule has 2 fully saturated rings. The molecule has 4 heterocycles. The van der Waals surface area contributed by atoms with Crippen molar-refractivity contribution in [2.45, 2.75) is 25.4 Å². The zero-order valence-corrected chi connectivity index (χ0v) is 12.2. The molecule has 2 saturated heterocycles. The van der Waals surface area contributed by atoms with Gasteiger partial charge in [0.05, 0.1) is 0 Å². The van der Waals surface area contributed by atoms with Crippen LogP contribution >= 0.6 is 11.3 Å². The summed E-state index contributed by atoms with van der Waals surface area (Å²) in [5.41, 5.74) is 0.533. The van der Waals surface area contributed by atoms with E-state index in [1.807, 2.05) is 23.6 Å². The first kappa shape index (κ1) is 12.3. The Hall–Kier alpha value is -1.46. The zero-order valence-electron chi connectivity index (χ0n) is 11.4. The molecule has 2 aliphatic rings. The minimum atomic E-state index is -0.0355. The molecule has 2 aromatic heterocycles. The molecule has 104 valence electrons. The Labute approximate surface area is 121 Å². The molecule has 20 heavy (non-hydrogen) atoms. The molecule has 1 amide bonds. The van der Waals surface area contributed by atoms with Crippen molar-refractivity contribution >= 4 is 27.5 Å². The van der Waals surface area contributed by atoms with Crippen molar-refractivity contribution in [2.75, 3.05) is 13.1 Å². The van der Waals surface area contributed by atoms with Gasteiger partial charge >= 0.3 is 0 Å². The summed E-state index contributed by atoms with van der Waals surface area (Å²) in [6.45, 7) is 4.38. The highest BCUT2D eigenvalue weighted by atomic mass is 32.1. The monoisotopic (exact) mass is 287 g/mol. The number of piperidine rings is 1. The molecule has 1 N–H and O–H groups in total. The van der Waals surface area contributed by atoms with E-state index in [0.717, 1.165) is 23.3 Å². The Balaban J connectivity index is 1.50. The summed E-state index contributed by atoms with van der Waals surface area (Å²) in [4.78, 5) is 20.2. The number of carbonyl (C=O) groups is 1. The van der Waals surface area contributed by atoms with Gasteiger partial charge < -0.3 is 5.32 Å². The second-order valence-electron chi connectivity index (χ2n) is 5.89. The summed E-state index contributed by atoms with van der Waals surface area (Å²) in [7, 11) is 0. The van der Waals surface area contributed by atoms with E-state index < -0.39 is 0 Å². The van der Waals surface area contributed by atoms with E-state index in [4.69, 9.17) is 0 Å². The Morgan fingerprint density at radius 1 is 1.40 bits per heavy atom. The number of rotatable bonds is 2. The number of nitrogens with zero attached hydrogens (tertiary/aromatic N) is 2. The van der Waals surface area contributed by atoms with E-state index in [0.29, 0.717) is 23.7 Å². The number of pyridine rings is 1. The summed E-state index contributed by atoms with van der Waals surface area (Å²) >= 11 is 1.57. The SMILES string of the molecule is CC1CC2CN1CC2NC(=O)c1ccc2ccsc2n1. The van der Waals surface area contributed by atoms with Gasteiger partial charge in [-0.25, -0.2) is 4.98 Å². The number of amides is 1. The first-order valence-electron chi connectivity index (χ1n) is 7.10. The maximum Gasteiger partial charge on any atom is 0.270 e. The molecule has 2 aromatic rings. The fourth-order valence-corrected chi connectivity index (χ4v) is 4.23. The number of fused-ring (bicyclic) bond motifs is 3. The Morgan fingerprint density at radius 2 is 2.30 bits per heavy atom. The lowest BCUT2D eigenvalue weighted by Crippen LogP contribution is -2.45. The third-order valence-electron chi connectivity index (χ3n) is 4.60. The lowest BCUT2D eigenvalue weighted by atomic mass is 9.96. The lowest BCUT2D eigenvalue weighted by Gasteiger charge is -2.27. The highest BCUT2D eigenvalue weighted by Crippen LogP contribution is 2.32. The van der Waals surface area contributed by atoms with Crippen LogP contribution in [-0.4, -0.2) is 41.0 Å². The molecule has 0 saturated carbocycles. The van der Waals surface area contributed by atoms with Crippen LogP contribution in [0.2, 0.25) is 0 Å². The Morgan fingerprint density at radius 3 is 3.05 bits per heavy atom. The molecular weight excluding hydrogens is 270 g/mol. The number of aromatic nitrogens is 1. The van der Waals surface area contributed by atoms with Gasteiger partial charge in [0.25, 0.3) is 5.91 Å². The van der Waals surface area contributed by atoms with Gasteiger partial charge in [0.2, 0.25) is 0 Å². The largest absolute Gasteiger partial charge is 0.346 e. The summed E-state index contributed by atoms with van der Waals surface area (Å²) in [5.74, 6) is 0.575. The third-order valence-corrected chi connectivity index (χ3v) is 5.42. The lowest BCUT2D eigenvalue weighted by molar-refractivity contribution is 0.0914. The van der Waals surface area contributed by atoms with Crippen LogP contribution in [0.15, 0.2) is 23.6 Å². The number of nitrogens with one attached hydrogen (secondary N) is 1. The van der Waals surface area contributed by atoms with Gasteiger partial charge in [0.15, 0.2) is 0 Å². The summed E-state index contributed by atoms with van der Waals surface area (Å²) in [6.07, 6.45) is 1.20. The molecule has 5 heteroatoms. The van der Waals surface area contributed by atoms with Crippen molar-refractivity contribution in [2.24, 2.45) is 5.92 Å². The van der Waals surface area contributed by atoms with Gasteiger partial charge in [-0.05, 0) is 42.8 Å². The first-order valence-corrected chi connectivity index (χ1v) is 7.98. The van der Waals surface area contributed by atoms with Crippen molar-refractivity contribution < 1.29 is 4.79 Å². The smallest absolute Gasteiger partial charge is 0.270 e. The standard InChI is InChI=1S/C15H17N3OS/c1-9-6-11-7-18(9)8-13(11)16-14(19)12-3-2-10-4-5-20-15(10)17-12/h2-5,9,11,13H,6-8H2,1H3,(H,16,19). The average Bonchev–Trinajstić information content (AvgIpc) is 3.12. The topological polar surface area (TPSA) is 45.2 Å². The van der Waals surface area contributed by atoms with Gasteiger partial charge in [-0.1, -0.05) is 0 Å². The molecule has 0 radical (unpaired) electrons. The van der Waals surface area contributed by atoms with Crippen molar-refractivity contribution in [3.8, 4) is 0 Å². The molecule has 0 spiro atoms. The minimum absolute atomic E-state index is 0.0355. The van der Waals surface area contributed by atoms with Gasteiger partial charge in [-0.2, -0.15) is 0 Å². The van der Waals surface area contributed by atoms with Crippen LogP contribution in [0.3, 0.4) is 0 Å². The van der Waals surface area contributed by atoms with E-state index in [2.05, 4.69) is 22.1 Å². The van der Waals surface area contributed by atoms with Gasteiger partial charge in [0, 0.05) is 30.6 Å². The maximum absolute atomic E-state index is 12.3. The van der Waals surface area contributed by atoms with Crippen LogP contribution in [0, 0.1) is 5.92 Å². The van der Waals surface area contributed by atoms with Gasteiger partial charge in [-0.3, -0.25) is 9.69 Å². The van der Waals surface area contributed by atoms with Crippen LogP contribution in [0.25, 0.3) is 10.2 Å². The van der Waals surface area contributed by atoms with Crippen LogP contribution in [0.5, 0.6) is 0 Å². The second kappa shape index (κ2) is 4.53. The van der Waals surface area contributed by atoms with Crippen LogP contribution < -0.4 is 5.32 Å². The number of hydrogen-bond acceptors (Lipinski definition) is 4. The predicted octanol–water partition coefficient (Wildman–Crippen LogP) is 2.12. The third kappa shape index (κ3) is 1.93. The highest BCUT2D eigenvalue weighted by molar-refractivity contribution is 7.16. The summed E-state index contributed by atoms with van der Waals surface area (Å²) in [5, 5.41) is 6.27. The molecule has 4 unspecified atom stereocenters. The zero-order chi connectivity index (χ0) is 13.7. The molecule has 2 aliphatic heterocycles. The van der Waals surface area contributed by atoms with E-state index in [-0.39, 0.29) is 5.91 Å². The molecule has 4 atom stereocenters. The fraction of sp³-hybridized carbons (Fsp3) is 0.467. The number of thiophene rings is 1. The van der Waals surface area contributed by atoms with E-state index >= 15 is 0 Å². The Bertz CT molecular complexity index is 666. The molecule has 0 aliphatic carbocycles. The Kier molecular flexibility index (Phi) is 2.79. The summed E-state index contributed by atoms with van der Waals surface area (Å²) in [6, 6.07) is 6.79. The van der Waals surface area contributed by atoms with Crippen molar-refractivity contribution in [1.82, 2.24) is 15.2 Å². The quantitative estimate of drug-likeness (QED) is 0.920. The predicted molar refractivity (Wildman–Crippen MR) is 80.0 cm³/mol. The number of carbonyl (C=O) groups excluding carboxylic acids is 1. The fourth-order valence-electron chi connectivity index (χ4n) is 3.47. The van der Waals surface area contributed by atoms with E-state index in [1.54, 1.807) is 11.3 Å². The first-order chi connectivity index (χ1) is 9.70. The van der Waals surface area contributed by atoms with E-state index in [9.17, 15) is 4.79 Å². The molecular formula is C15H17N3OS. The van der Waals surface area contributed by atoms with Gasteiger partial charge in [0.1, 0.15) is 10.5 Å². The van der Waals surface area contributed by atoms with E-state index in [1.165, 1.54) is 6.42 Å². The van der Waals surface area contributed by atoms with Crippen molar-refractivity contribution in [1.29, 1.82) is 0 Å². The number of hydrogen-bond donors (Lipinski definition) is 1.